The summed E-state index contributed by atoms with van der Waals surface area (Å²) in [6.07, 6.45) is 1.50. The lowest BCUT2D eigenvalue weighted by atomic mass is 10.1. The SMILES string of the molecule is CS(=N)(=O)c1cccc(-c2cc(-c3cnc4ccc(C(F)F)nn34)ncn2)c1. The Balaban J connectivity index is 1.82. The van der Waals surface area contributed by atoms with E-state index in [4.69, 9.17) is 4.78 Å². The van der Waals surface area contributed by atoms with E-state index in [0.717, 1.165) is 0 Å². The van der Waals surface area contributed by atoms with Crippen LogP contribution >= 0.6 is 0 Å². The van der Waals surface area contributed by atoms with Gasteiger partial charge in [-0.3, -0.25) is 0 Å². The third kappa shape index (κ3) is 3.33. The van der Waals surface area contributed by atoms with Crippen molar-refractivity contribution in [2.24, 2.45) is 0 Å². The Kier molecular flexibility index (Phi) is 4.34. The summed E-state index contributed by atoms with van der Waals surface area (Å²) in [7, 11) is -2.87. The zero-order valence-corrected chi connectivity index (χ0v) is 15.4. The second-order valence-corrected chi connectivity index (χ2v) is 8.29. The number of aromatic nitrogens is 5. The molecule has 1 aromatic carbocycles. The highest BCUT2D eigenvalue weighted by Gasteiger charge is 2.15. The molecule has 0 spiro atoms. The van der Waals surface area contributed by atoms with Crippen LogP contribution in [-0.2, 0) is 9.73 Å². The molecule has 3 aromatic heterocycles. The summed E-state index contributed by atoms with van der Waals surface area (Å²) in [6, 6.07) is 11.1. The highest BCUT2D eigenvalue weighted by atomic mass is 32.2. The van der Waals surface area contributed by atoms with Crippen LogP contribution in [0.15, 0.2) is 59.9 Å². The molecule has 1 unspecified atom stereocenters. The molecule has 0 saturated heterocycles. The minimum atomic E-state index is -2.87. The van der Waals surface area contributed by atoms with Crippen LogP contribution in [0.5, 0.6) is 0 Å². The average Bonchev–Trinajstić information content (AvgIpc) is 3.11. The monoisotopic (exact) mass is 400 g/mol. The van der Waals surface area contributed by atoms with Crippen molar-refractivity contribution in [3.05, 3.63) is 60.7 Å². The van der Waals surface area contributed by atoms with Crippen LogP contribution in [0.25, 0.3) is 28.3 Å². The summed E-state index contributed by atoms with van der Waals surface area (Å²) in [5.74, 6) is 0. The molecule has 10 heteroatoms. The van der Waals surface area contributed by atoms with E-state index in [-0.39, 0.29) is 5.69 Å². The third-order valence-corrected chi connectivity index (χ3v) is 5.27. The van der Waals surface area contributed by atoms with Gasteiger partial charge in [-0.25, -0.2) is 37.2 Å². The molecule has 0 saturated carbocycles. The predicted molar refractivity (Wildman–Crippen MR) is 99.5 cm³/mol. The van der Waals surface area contributed by atoms with Gasteiger partial charge in [-0.1, -0.05) is 12.1 Å². The summed E-state index contributed by atoms with van der Waals surface area (Å²) in [5.41, 5.74) is 2.15. The van der Waals surface area contributed by atoms with Crippen molar-refractivity contribution < 1.29 is 13.0 Å². The van der Waals surface area contributed by atoms with E-state index >= 15 is 0 Å². The van der Waals surface area contributed by atoms with Gasteiger partial charge in [-0.15, -0.1) is 0 Å². The Hall–Kier alpha value is -3.27. The first-order valence-electron chi connectivity index (χ1n) is 8.12. The number of alkyl halides is 2. The number of imidazole rings is 1. The molecule has 7 nitrogen and oxygen atoms in total. The Morgan fingerprint density at radius 2 is 1.86 bits per heavy atom. The number of nitrogens with one attached hydrogen (secondary N) is 1. The quantitative estimate of drug-likeness (QED) is 0.562. The molecule has 0 fully saturated rings. The molecule has 1 atom stereocenters. The van der Waals surface area contributed by atoms with Gasteiger partial charge in [0, 0.05) is 16.7 Å². The largest absolute Gasteiger partial charge is 0.282 e. The fraction of sp³-hybridized carbons (Fsp3) is 0.111. The number of hydrogen-bond donors (Lipinski definition) is 1. The van der Waals surface area contributed by atoms with Crippen LogP contribution in [0.3, 0.4) is 0 Å². The molecule has 28 heavy (non-hydrogen) atoms. The van der Waals surface area contributed by atoms with Crippen molar-refractivity contribution in [3.63, 3.8) is 0 Å². The number of halogens is 2. The summed E-state index contributed by atoms with van der Waals surface area (Å²) >= 11 is 0. The smallest absolute Gasteiger partial charge is 0.249 e. The number of benzene rings is 1. The van der Waals surface area contributed by atoms with Gasteiger partial charge in [-0.2, -0.15) is 5.10 Å². The van der Waals surface area contributed by atoms with Crippen molar-refractivity contribution in [2.75, 3.05) is 6.26 Å². The van der Waals surface area contributed by atoms with Crippen LogP contribution in [0, 0.1) is 4.78 Å². The molecule has 0 radical (unpaired) electrons. The molecule has 0 amide bonds. The Labute approximate surface area is 159 Å². The van der Waals surface area contributed by atoms with Gasteiger partial charge in [0.15, 0.2) is 5.65 Å². The summed E-state index contributed by atoms with van der Waals surface area (Å²) in [4.78, 5) is 13.0. The summed E-state index contributed by atoms with van der Waals surface area (Å²) in [6.45, 7) is 0. The zero-order valence-electron chi connectivity index (χ0n) is 14.6. The Bertz CT molecular complexity index is 1290. The first-order chi connectivity index (χ1) is 13.3. The fourth-order valence-electron chi connectivity index (χ4n) is 2.73. The fourth-order valence-corrected chi connectivity index (χ4v) is 3.42. The van der Waals surface area contributed by atoms with Crippen LogP contribution in [0.1, 0.15) is 12.1 Å². The van der Waals surface area contributed by atoms with Crippen LogP contribution in [-0.4, -0.2) is 35.0 Å². The third-order valence-electron chi connectivity index (χ3n) is 4.12. The molecule has 142 valence electrons. The second kappa shape index (κ2) is 6.71. The van der Waals surface area contributed by atoms with Gasteiger partial charge < -0.3 is 0 Å². The van der Waals surface area contributed by atoms with E-state index in [2.05, 4.69) is 20.1 Å². The number of rotatable bonds is 4. The lowest BCUT2D eigenvalue weighted by molar-refractivity contribution is 0.144. The molecule has 4 rings (SSSR count). The minimum absolute atomic E-state index is 0.359. The van der Waals surface area contributed by atoms with E-state index in [9.17, 15) is 13.0 Å². The topological polar surface area (TPSA) is 96.9 Å². The van der Waals surface area contributed by atoms with E-state index in [1.165, 1.54) is 35.4 Å². The summed E-state index contributed by atoms with van der Waals surface area (Å²) in [5, 5.41) is 3.94. The number of fused-ring (bicyclic) bond motifs is 1. The predicted octanol–water partition coefficient (Wildman–Crippen LogP) is 3.83. The molecule has 4 aromatic rings. The Morgan fingerprint density at radius 1 is 1.07 bits per heavy atom. The van der Waals surface area contributed by atoms with Gasteiger partial charge in [0.25, 0.3) is 6.43 Å². The van der Waals surface area contributed by atoms with Crippen molar-refractivity contribution in [2.45, 2.75) is 11.3 Å². The normalized spacial score (nSPS) is 13.7. The Morgan fingerprint density at radius 3 is 2.61 bits per heavy atom. The molecule has 1 N–H and O–H groups in total. The first kappa shape index (κ1) is 18.1. The summed E-state index contributed by atoms with van der Waals surface area (Å²) < 4.78 is 47.1. The maximum Gasteiger partial charge on any atom is 0.282 e. The molecule has 0 aliphatic rings. The standard InChI is InChI=1S/C18H14F2N6OS/c1-28(21,27)12-4-2-3-11(7-12)14-8-15(24-10-23-14)16-9-22-17-6-5-13(18(19)20)25-26(16)17/h2-10,18,21H,1H3. The number of nitrogens with zero attached hydrogens (tertiary/aromatic N) is 5. The zero-order chi connectivity index (χ0) is 19.9. The van der Waals surface area contributed by atoms with Gasteiger partial charge >= 0.3 is 0 Å². The lowest BCUT2D eigenvalue weighted by Crippen LogP contribution is -2.01. The van der Waals surface area contributed by atoms with Gasteiger partial charge in [0.1, 0.15) is 17.7 Å². The maximum atomic E-state index is 13.0. The molecule has 3 heterocycles. The van der Waals surface area contributed by atoms with Crippen LogP contribution in [0.2, 0.25) is 0 Å². The first-order valence-corrected chi connectivity index (χ1v) is 10.1. The maximum absolute atomic E-state index is 13.0. The van der Waals surface area contributed by atoms with E-state index in [1.54, 1.807) is 30.3 Å². The average molecular weight is 400 g/mol. The molecular formula is C18H14F2N6OS. The van der Waals surface area contributed by atoms with Gasteiger partial charge in [-0.05, 0) is 30.3 Å². The van der Waals surface area contributed by atoms with Crippen LogP contribution in [0.4, 0.5) is 8.78 Å². The van der Waals surface area contributed by atoms with Crippen molar-refractivity contribution in [3.8, 4) is 22.6 Å². The number of hydrogen-bond acceptors (Lipinski definition) is 6. The van der Waals surface area contributed by atoms with Crippen molar-refractivity contribution in [1.29, 1.82) is 4.78 Å². The van der Waals surface area contributed by atoms with E-state index < -0.39 is 16.2 Å². The van der Waals surface area contributed by atoms with Crippen LogP contribution < -0.4 is 0 Å². The minimum Gasteiger partial charge on any atom is -0.249 e. The molecule has 0 bridgehead atoms. The highest BCUT2D eigenvalue weighted by molar-refractivity contribution is 7.91. The highest BCUT2D eigenvalue weighted by Crippen LogP contribution is 2.26. The molecule has 0 aliphatic carbocycles. The van der Waals surface area contributed by atoms with Crippen molar-refractivity contribution >= 4 is 15.4 Å². The van der Waals surface area contributed by atoms with Gasteiger partial charge in [0.2, 0.25) is 0 Å². The van der Waals surface area contributed by atoms with Gasteiger partial charge in [0.05, 0.1) is 27.3 Å². The molecular weight excluding hydrogens is 386 g/mol. The molecule has 0 aliphatic heterocycles. The van der Waals surface area contributed by atoms with E-state index in [0.29, 0.717) is 33.2 Å². The van der Waals surface area contributed by atoms with E-state index in [1.807, 2.05) is 0 Å². The van der Waals surface area contributed by atoms with Crippen molar-refractivity contribution in [1.82, 2.24) is 24.6 Å². The second-order valence-electron chi connectivity index (χ2n) is 6.13. The lowest BCUT2D eigenvalue weighted by Gasteiger charge is -2.07.